The van der Waals surface area contributed by atoms with Gasteiger partial charge in [0.15, 0.2) is 0 Å². The molecule has 23 heavy (non-hydrogen) atoms. The molecule has 1 heterocycles. The van der Waals surface area contributed by atoms with Gasteiger partial charge >= 0.3 is 0 Å². The molecule has 1 fully saturated rings. The van der Waals surface area contributed by atoms with E-state index in [1.807, 2.05) is 17.0 Å². The van der Waals surface area contributed by atoms with Gasteiger partial charge < -0.3 is 9.80 Å². The molecule has 0 N–H and O–H groups in total. The summed E-state index contributed by atoms with van der Waals surface area (Å²) < 4.78 is 14.3. The number of halogens is 2. The van der Waals surface area contributed by atoms with E-state index in [0.29, 0.717) is 13.1 Å². The van der Waals surface area contributed by atoms with Crippen LogP contribution in [0.5, 0.6) is 0 Å². The van der Waals surface area contributed by atoms with Gasteiger partial charge in [-0.15, -0.1) is 0 Å². The molecule has 0 spiro atoms. The highest BCUT2D eigenvalue weighted by molar-refractivity contribution is 9.10. The molecule has 0 radical (unpaired) electrons. The summed E-state index contributed by atoms with van der Waals surface area (Å²) in [4.78, 5) is 16.5. The fourth-order valence-corrected chi connectivity index (χ4v) is 3.06. The van der Waals surface area contributed by atoms with E-state index >= 15 is 0 Å². The lowest BCUT2D eigenvalue weighted by Gasteiger charge is -2.36. The summed E-state index contributed by atoms with van der Waals surface area (Å²) in [5, 5.41) is 0. The van der Waals surface area contributed by atoms with Gasteiger partial charge in [-0.3, -0.25) is 4.79 Å². The molecule has 1 amide bonds. The number of nitrogens with zero attached hydrogens (tertiary/aromatic N) is 2. The topological polar surface area (TPSA) is 23.6 Å². The Morgan fingerprint density at radius 2 is 1.74 bits per heavy atom. The van der Waals surface area contributed by atoms with Crippen LogP contribution in [0.1, 0.15) is 5.56 Å². The third-order valence-corrected chi connectivity index (χ3v) is 4.60. The molecule has 1 aliphatic rings. The van der Waals surface area contributed by atoms with Crippen molar-refractivity contribution in [2.45, 2.75) is 6.42 Å². The van der Waals surface area contributed by atoms with Gasteiger partial charge in [0.2, 0.25) is 5.91 Å². The standard InChI is InChI=1S/C18H18BrFN2O/c19-15-4-6-17(7-5-15)21-8-10-22(11-9-21)18(23)13-14-2-1-3-16(20)12-14/h1-7,12H,8-11,13H2. The minimum atomic E-state index is -0.296. The third-order valence-electron chi connectivity index (χ3n) is 4.07. The molecular formula is C18H18BrFN2O. The quantitative estimate of drug-likeness (QED) is 0.818. The molecule has 2 aromatic carbocycles. The van der Waals surface area contributed by atoms with E-state index in [0.717, 1.165) is 23.1 Å². The van der Waals surface area contributed by atoms with Gasteiger partial charge in [-0.1, -0.05) is 28.1 Å². The summed E-state index contributed by atoms with van der Waals surface area (Å²) in [6, 6.07) is 14.5. The van der Waals surface area contributed by atoms with E-state index in [2.05, 4.69) is 33.0 Å². The predicted octanol–water partition coefficient (Wildman–Crippen LogP) is 3.48. The Labute approximate surface area is 143 Å². The van der Waals surface area contributed by atoms with E-state index < -0.39 is 0 Å². The van der Waals surface area contributed by atoms with Crippen LogP contribution in [0.3, 0.4) is 0 Å². The number of carbonyl (C=O) groups is 1. The van der Waals surface area contributed by atoms with Crippen molar-refractivity contribution in [2.24, 2.45) is 0 Å². The van der Waals surface area contributed by atoms with Crippen molar-refractivity contribution in [3.63, 3.8) is 0 Å². The number of anilines is 1. The molecule has 0 aromatic heterocycles. The molecule has 3 rings (SSSR count). The lowest BCUT2D eigenvalue weighted by atomic mass is 10.1. The summed E-state index contributed by atoms with van der Waals surface area (Å²) in [5.41, 5.74) is 1.90. The molecule has 0 unspecified atom stereocenters. The summed E-state index contributed by atoms with van der Waals surface area (Å²) in [7, 11) is 0. The molecule has 1 aliphatic heterocycles. The average Bonchev–Trinajstić information content (AvgIpc) is 2.56. The minimum absolute atomic E-state index is 0.0612. The largest absolute Gasteiger partial charge is 0.368 e. The van der Waals surface area contributed by atoms with Crippen LogP contribution >= 0.6 is 15.9 Å². The van der Waals surface area contributed by atoms with Crippen LogP contribution in [0.2, 0.25) is 0 Å². The van der Waals surface area contributed by atoms with Crippen molar-refractivity contribution in [1.82, 2.24) is 4.90 Å². The number of benzene rings is 2. The Morgan fingerprint density at radius 3 is 2.39 bits per heavy atom. The molecule has 3 nitrogen and oxygen atoms in total. The summed E-state index contributed by atoms with van der Waals surface area (Å²) >= 11 is 3.44. The molecule has 0 atom stereocenters. The maximum atomic E-state index is 13.2. The van der Waals surface area contributed by atoms with E-state index in [1.165, 1.54) is 17.8 Å². The number of piperazine rings is 1. The van der Waals surface area contributed by atoms with E-state index in [-0.39, 0.29) is 18.1 Å². The fourth-order valence-electron chi connectivity index (χ4n) is 2.80. The normalized spacial score (nSPS) is 14.9. The average molecular weight is 377 g/mol. The van der Waals surface area contributed by atoms with Gasteiger partial charge in [-0.2, -0.15) is 0 Å². The van der Waals surface area contributed by atoms with Crippen LogP contribution in [-0.4, -0.2) is 37.0 Å². The first-order valence-electron chi connectivity index (χ1n) is 7.64. The Balaban J connectivity index is 1.56. The molecule has 120 valence electrons. The van der Waals surface area contributed by atoms with Gasteiger partial charge in [0, 0.05) is 36.3 Å². The van der Waals surface area contributed by atoms with Crippen molar-refractivity contribution < 1.29 is 9.18 Å². The van der Waals surface area contributed by atoms with Crippen molar-refractivity contribution in [3.05, 3.63) is 64.4 Å². The number of hydrogen-bond acceptors (Lipinski definition) is 2. The van der Waals surface area contributed by atoms with Crippen LogP contribution in [0.15, 0.2) is 53.0 Å². The molecule has 2 aromatic rings. The maximum Gasteiger partial charge on any atom is 0.227 e. The SMILES string of the molecule is O=C(Cc1cccc(F)c1)N1CCN(c2ccc(Br)cc2)CC1. The third kappa shape index (κ3) is 4.10. The molecule has 1 saturated heterocycles. The predicted molar refractivity (Wildman–Crippen MR) is 93.0 cm³/mol. The minimum Gasteiger partial charge on any atom is -0.368 e. The first kappa shape index (κ1) is 16.0. The Kier molecular flexibility index (Phi) is 4.96. The van der Waals surface area contributed by atoms with Crippen LogP contribution in [0.25, 0.3) is 0 Å². The van der Waals surface area contributed by atoms with E-state index in [4.69, 9.17) is 0 Å². The highest BCUT2D eigenvalue weighted by Gasteiger charge is 2.21. The van der Waals surface area contributed by atoms with Gasteiger partial charge in [-0.05, 0) is 42.0 Å². The van der Waals surface area contributed by atoms with Crippen LogP contribution < -0.4 is 4.90 Å². The van der Waals surface area contributed by atoms with Crippen LogP contribution in [0.4, 0.5) is 10.1 Å². The second kappa shape index (κ2) is 7.13. The van der Waals surface area contributed by atoms with Gasteiger partial charge in [0.05, 0.1) is 6.42 Å². The highest BCUT2D eigenvalue weighted by Crippen LogP contribution is 2.20. The van der Waals surface area contributed by atoms with Crippen molar-refractivity contribution >= 4 is 27.5 Å². The van der Waals surface area contributed by atoms with Gasteiger partial charge in [0.1, 0.15) is 5.82 Å². The Hall–Kier alpha value is -1.88. The summed E-state index contributed by atoms with van der Waals surface area (Å²) in [6.45, 7) is 3.03. The Morgan fingerprint density at radius 1 is 1.04 bits per heavy atom. The first-order valence-corrected chi connectivity index (χ1v) is 8.44. The number of carbonyl (C=O) groups excluding carboxylic acids is 1. The second-order valence-corrected chi connectivity index (χ2v) is 6.57. The van der Waals surface area contributed by atoms with Gasteiger partial charge in [0.25, 0.3) is 0 Å². The zero-order valence-electron chi connectivity index (χ0n) is 12.7. The zero-order chi connectivity index (χ0) is 16.2. The van der Waals surface area contributed by atoms with Crippen LogP contribution in [-0.2, 0) is 11.2 Å². The van der Waals surface area contributed by atoms with E-state index in [9.17, 15) is 9.18 Å². The highest BCUT2D eigenvalue weighted by atomic mass is 79.9. The molecule has 0 aliphatic carbocycles. The zero-order valence-corrected chi connectivity index (χ0v) is 14.3. The van der Waals surface area contributed by atoms with Crippen molar-refractivity contribution in [2.75, 3.05) is 31.1 Å². The van der Waals surface area contributed by atoms with Crippen molar-refractivity contribution in [1.29, 1.82) is 0 Å². The van der Waals surface area contributed by atoms with E-state index in [1.54, 1.807) is 12.1 Å². The van der Waals surface area contributed by atoms with Crippen LogP contribution in [0, 0.1) is 5.82 Å². The first-order chi connectivity index (χ1) is 11.1. The lowest BCUT2D eigenvalue weighted by Crippen LogP contribution is -2.49. The number of amides is 1. The molecule has 0 bridgehead atoms. The fraction of sp³-hybridized carbons (Fsp3) is 0.278. The molecule has 5 heteroatoms. The number of hydrogen-bond donors (Lipinski definition) is 0. The monoisotopic (exact) mass is 376 g/mol. The molecule has 0 saturated carbocycles. The Bertz CT molecular complexity index is 682. The summed E-state index contributed by atoms with van der Waals surface area (Å²) in [5.74, 6) is -0.235. The van der Waals surface area contributed by atoms with Crippen molar-refractivity contribution in [3.8, 4) is 0 Å². The number of rotatable bonds is 3. The smallest absolute Gasteiger partial charge is 0.227 e. The summed E-state index contributed by atoms with van der Waals surface area (Å²) in [6.07, 6.45) is 0.260. The van der Waals surface area contributed by atoms with Gasteiger partial charge in [-0.25, -0.2) is 4.39 Å². The maximum absolute atomic E-state index is 13.2. The lowest BCUT2D eigenvalue weighted by molar-refractivity contribution is -0.130. The second-order valence-electron chi connectivity index (χ2n) is 5.65. The molecular weight excluding hydrogens is 359 g/mol.